The van der Waals surface area contributed by atoms with Crippen LogP contribution in [0.2, 0.25) is 5.02 Å². The summed E-state index contributed by atoms with van der Waals surface area (Å²) in [5.74, 6) is 0.415. The Morgan fingerprint density at radius 1 is 1.25 bits per heavy atom. The van der Waals surface area contributed by atoms with Crippen LogP contribution in [0.4, 0.5) is 4.39 Å². The van der Waals surface area contributed by atoms with E-state index in [1.807, 2.05) is 19.2 Å². The predicted molar refractivity (Wildman–Crippen MR) is 83.0 cm³/mol. The van der Waals surface area contributed by atoms with E-state index in [-0.39, 0.29) is 11.9 Å². The van der Waals surface area contributed by atoms with Gasteiger partial charge in [0.05, 0.1) is 17.6 Å². The number of rotatable bonds is 4. The highest BCUT2D eigenvalue weighted by atomic mass is 79.9. The molecule has 0 fully saturated rings. The van der Waals surface area contributed by atoms with Crippen LogP contribution in [0.1, 0.15) is 17.2 Å². The molecular weight excluding hydrogens is 345 g/mol. The van der Waals surface area contributed by atoms with E-state index in [1.54, 1.807) is 25.3 Å². The third-order valence-electron chi connectivity index (χ3n) is 3.08. The molecule has 0 aromatic heterocycles. The predicted octanol–water partition coefficient (Wildman–Crippen LogP) is 4.56. The molecule has 0 saturated carbocycles. The molecule has 0 spiro atoms. The molecule has 0 radical (unpaired) electrons. The van der Waals surface area contributed by atoms with Crippen LogP contribution >= 0.6 is 27.5 Å². The van der Waals surface area contributed by atoms with Crippen LogP contribution in [0.15, 0.2) is 40.9 Å². The first-order valence-electron chi connectivity index (χ1n) is 6.02. The number of ether oxygens (including phenoxy) is 1. The summed E-state index contributed by atoms with van der Waals surface area (Å²) in [5.41, 5.74) is 1.83. The minimum absolute atomic E-state index is 0.120. The quantitative estimate of drug-likeness (QED) is 0.865. The summed E-state index contributed by atoms with van der Waals surface area (Å²) in [6.45, 7) is 0. The lowest BCUT2D eigenvalue weighted by atomic mass is 9.98. The lowest BCUT2D eigenvalue weighted by Crippen LogP contribution is -2.18. The zero-order chi connectivity index (χ0) is 14.7. The Balaban J connectivity index is 2.43. The van der Waals surface area contributed by atoms with Gasteiger partial charge in [0.15, 0.2) is 0 Å². The van der Waals surface area contributed by atoms with E-state index in [0.29, 0.717) is 15.2 Å². The summed E-state index contributed by atoms with van der Waals surface area (Å²) in [4.78, 5) is 0. The van der Waals surface area contributed by atoms with E-state index in [4.69, 9.17) is 16.3 Å². The molecule has 1 N–H and O–H groups in total. The summed E-state index contributed by atoms with van der Waals surface area (Å²) < 4.78 is 18.9. The first-order valence-corrected chi connectivity index (χ1v) is 7.19. The molecule has 0 saturated heterocycles. The molecule has 1 unspecified atom stereocenters. The normalized spacial score (nSPS) is 12.2. The number of hydrogen-bond acceptors (Lipinski definition) is 2. The number of nitrogens with one attached hydrogen (secondary N) is 1. The average molecular weight is 359 g/mol. The SMILES string of the molecule is CNC(c1ccc(F)c(Br)c1)c1ccc(OC)cc1Cl. The van der Waals surface area contributed by atoms with Gasteiger partial charge in [0.1, 0.15) is 11.6 Å². The minimum atomic E-state index is -0.288. The van der Waals surface area contributed by atoms with Crippen molar-refractivity contribution in [1.82, 2.24) is 5.32 Å². The van der Waals surface area contributed by atoms with Crippen LogP contribution in [0.5, 0.6) is 5.75 Å². The molecule has 0 heterocycles. The molecule has 0 aliphatic rings. The van der Waals surface area contributed by atoms with Crippen molar-refractivity contribution in [3.63, 3.8) is 0 Å². The summed E-state index contributed by atoms with van der Waals surface area (Å²) in [7, 11) is 3.43. The van der Waals surface area contributed by atoms with E-state index in [0.717, 1.165) is 11.1 Å². The molecule has 5 heteroatoms. The molecule has 20 heavy (non-hydrogen) atoms. The Hall–Kier alpha value is -1.10. The van der Waals surface area contributed by atoms with E-state index < -0.39 is 0 Å². The number of methoxy groups -OCH3 is 1. The monoisotopic (exact) mass is 357 g/mol. The van der Waals surface area contributed by atoms with E-state index >= 15 is 0 Å². The van der Waals surface area contributed by atoms with Gasteiger partial charge in [-0.15, -0.1) is 0 Å². The highest BCUT2D eigenvalue weighted by Crippen LogP contribution is 2.32. The zero-order valence-corrected chi connectivity index (χ0v) is 13.4. The summed E-state index contributed by atoms with van der Waals surface area (Å²) in [6, 6.07) is 10.3. The first kappa shape index (κ1) is 15.3. The molecule has 0 aliphatic carbocycles. The maximum Gasteiger partial charge on any atom is 0.137 e. The Morgan fingerprint density at radius 2 is 2.00 bits per heavy atom. The summed E-state index contributed by atoms with van der Waals surface area (Å²) >= 11 is 9.50. The molecule has 0 aliphatic heterocycles. The molecule has 1 atom stereocenters. The number of halogens is 3. The second kappa shape index (κ2) is 6.57. The first-order chi connectivity index (χ1) is 9.56. The van der Waals surface area contributed by atoms with Gasteiger partial charge in [-0.1, -0.05) is 23.7 Å². The van der Waals surface area contributed by atoms with Crippen molar-refractivity contribution in [2.24, 2.45) is 0 Å². The van der Waals surface area contributed by atoms with Crippen molar-refractivity contribution in [2.75, 3.05) is 14.2 Å². The molecule has 0 bridgehead atoms. The van der Waals surface area contributed by atoms with Gasteiger partial charge >= 0.3 is 0 Å². The van der Waals surface area contributed by atoms with Gasteiger partial charge in [-0.2, -0.15) is 0 Å². The lowest BCUT2D eigenvalue weighted by molar-refractivity contribution is 0.414. The van der Waals surface area contributed by atoms with E-state index in [2.05, 4.69) is 21.2 Å². The fourth-order valence-electron chi connectivity index (χ4n) is 2.06. The van der Waals surface area contributed by atoms with Crippen LogP contribution in [0.25, 0.3) is 0 Å². The lowest BCUT2D eigenvalue weighted by Gasteiger charge is -2.19. The maximum atomic E-state index is 13.3. The third-order valence-corrected chi connectivity index (χ3v) is 4.02. The number of benzene rings is 2. The Kier molecular flexibility index (Phi) is 5.02. The van der Waals surface area contributed by atoms with E-state index in [9.17, 15) is 4.39 Å². The largest absolute Gasteiger partial charge is 0.497 e. The van der Waals surface area contributed by atoms with Crippen molar-refractivity contribution in [2.45, 2.75) is 6.04 Å². The molecule has 0 amide bonds. The Bertz CT molecular complexity index is 621. The van der Waals surface area contributed by atoms with Crippen molar-refractivity contribution in [3.8, 4) is 5.75 Å². The fraction of sp³-hybridized carbons (Fsp3) is 0.200. The van der Waals surface area contributed by atoms with Gasteiger partial charge in [-0.05, 0) is 58.4 Å². The van der Waals surface area contributed by atoms with Gasteiger partial charge in [0.2, 0.25) is 0 Å². The van der Waals surface area contributed by atoms with Gasteiger partial charge < -0.3 is 10.1 Å². The van der Waals surface area contributed by atoms with Crippen LogP contribution in [0, 0.1) is 5.82 Å². The molecule has 2 aromatic rings. The van der Waals surface area contributed by atoms with Crippen LogP contribution in [0.3, 0.4) is 0 Å². The second-order valence-electron chi connectivity index (χ2n) is 4.28. The smallest absolute Gasteiger partial charge is 0.137 e. The van der Waals surface area contributed by atoms with Crippen molar-refractivity contribution in [1.29, 1.82) is 0 Å². The van der Waals surface area contributed by atoms with E-state index in [1.165, 1.54) is 6.07 Å². The zero-order valence-electron chi connectivity index (χ0n) is 11.1. The molecular formula is C15H14BrClFNO. The second-order valence-corrected chi connectivity index (χ2v) is 5.54. The number of hydrogen-bond donors (Lipinski definition) is 1. The minimum Gasteiger partial charge on any atom is -0.497 e. The van der Waals surface area contributed by atoms with Crippen molar-refractivity contribution >= 4 is 27.5 Å². The van der Waals surface area contributed by atoms with Crippen molar-refractivity contribution in [3.05, 3.63) is 62.8 Å². The van der Waals surface area contributed by atoms with Gasteiger partial charge in [0.25, 0.3) is 0 Å². The maximum absolute atomic E-state index is 13.3. The Morgan fingerprint density at radius 3 is 2.55 bits per heavy atom. The van der Waals surface area contributed by atoms with Gasteiger partial charge in [0, 0.05) is 5.02 Å². The third kappa shape index (κ3) is 3.14. The molecule has 2 nitrogen and oxygen atoms in total. The van der Waals surface area contributed by atoms with Gasteiger partial charge in [-0.25, -0.2) is 4.39 Å². The van der Waals surface area contributed by atoms with Gasteiger partial charge in [-0.3, -0.25) is 0 Å². The summed E-state index contributed by atoms with van der Waals surface area (Å²) in [6.07, 6.45) is 0. The average Bonchev–Trinajstić information content (AvgIpc) is 2.45. The fourth-order valence-corrected chi connectivity index (χ4v) is 2.74. The van der Waals surface area contributed by atoms with Crippen LogP contribution < -0.4 is 10.1 Å². The molecule has 2 aromatic carbocycles. The highest BCUT2D eigenvalue weighted by Gasteiger charge is 2.16. The van der Waals surface area contributed by atoms with Crippen molar-refractivity contribution < 1.29 is 9.13 Å². The standard InChI is InChI=1S/C15H14BrClFNO/c1-19-15(9-3-6-14(18)12(16)7-9)11-5-4-10(20-2)8-13(11)17/h3-8,15,19H,1-2H3. The molecule has 2 rings (SSSR count). The van der Waals surface area contributed by atoms with Crippen LogP contribution in [-0.4, -0.2) is 14.2 Å². The molecule has 106 valence electrons. The summed E-state index contributed by atoms with van der Waals surface area (Å²) in [5, 5.41) is 3.79. The Labute approximate surface area is 131 Å². The van der Waals surface area contributed by atoms with Crippen LogP contribution in [-0.2, 0) is 0 Å². The highest BCUT2D eigenvalue weighted by molar-refractivity contribution is 9.10. The topological polar surface area (TPSA) is 21.3 Å².